The Morgan fingerprint density at radius 3 is 2.00 bits per heavy atom. The lowest BCUT2D eigenvalue weighted by molar-refractivity contribution is -0.338. The van der Waals surface area contributed by atoms with Crippen LogP contribution in [-0.2, 0) is 0 Å². The van der Waals surface area contributed by atoms with Crippen LogP contribution in [0.5, 0.6) is 0 Å². The van der Waals surface area contributed by atoms with E-state index in [2.05, 4.69) is 0 Å². The molecule has 0 amide bonds. The lowest BCUT2D eigenvalue weighted by atomic mass is 9.64. The van der Waals surface area contributed by atoms with Crippen LogP contribution in [0, 0.1) is 5.92 Å². The van der Waals surface area contributed by atoms with Gasteiger partial charge in [0.05, 0.1) is 12.7 Å². The van der Waals surface area contributed by atoms with Gasteiger partial charge < -0.3 is 30.6 Å². The van der Waals surface area contributed by atoms with Crippen LogP contribution < -0.4 is 0 Å². The van der Waals surface area contributed by atoms with E-state index in [1.807, 2.05) is 0 Å². The average Bonchev–Trinajstić information content (AvgIpc) is 2.04. The van der Waals surface area contributed by atoms with E-state index in [0.717, 1.165) is 0 Å². The van der Waals surface area contributed by atoms with Gasteiger partial charge in [-0.2, -0.15) is 0 Å². The highest BCUT2D eigenvalue weighted by Gasteiger charge is 2.64. The summed E-state index contributed by atoms with van der Waals surface area (Å²) in [5.41, 5.74) is -2.21. The molecule has 1 fully saturated rings. The Hall–Kier alpha value is -0.240. The van der Waals surface area contributed by atoms with Crippen LogP contribution in [0.15, 0.2) is 0 Å². The van der Waals surface area contributed by atoms with Crippen molar-refractivity contribution in [3.63, 3.8) is 0 Å². The summed E-state index contributed by atoms with van der Waals surface area (Å²) in [5, 5.41) is 53.2. The van der Waals surface area contributed by atoms with Gasteiger partial charge in [0.25, 0.3) is 0 Å². The monoisotopic (exact) mass is 180 g/mol. The van der Waals surface area contributed by atoms with Gasteiger partial charge in [-0.05, 0) is 0 Å². The molecule has 1 rings (SSSR count). The fourth-order valence-electron chi connectivity index (χ4n) is 1.47. The molecule has 0 bridgehead atoms. The molecular weight excluding hydrogens is 168 g/mol. The van der Waals surface area contributed by atoms with Gasteiger partial charge in [0, 0.05) is 5.92 Å². The molecule has 0 radical (unpaired) electrons. The van der Waals surface area contributed by atoms with E-state index in [4.69, 9.17) is 25.5 Å². The summed E-state index contributed by atoms with van der Waals surface area (Å²) >= 11 is 0. The van der Waals surface area contributed by atoms with Gasteiger partial charge >= 0.3 is 0 Å². The summed E-state index contributed by atoms with van der Waals surface area (Å²) in [5.74, 6) is -1.12. The lowest BCUT2D eigenvalue weighted by Gasteiger charge is -2.53. The Bertz CT molecular complexity index is 171. The molecule has 2 unspecified atom stereocenters. The average molecular weight is 180 g/mol. The summed E-state index contributed by atoms with van der Waals surface area (Å²) in [4.78, 5) is 0. The molecule has 12 heavy (non-hydrogen) atoms. The van der Waals surface area contributed by atoms with Crippen molar-refractivity contribution in [2.45, 2.75) is 24.1 Å². The lowest BCUT2D eigenvalue weighted by Crippen LogP contribution is -2.75. The molecule has 0 saturated heterocycles. The van der Waals surface area contributed by atoms with Crippen molar-refractivity contribution in [2.75, 3.05) is 6.61 Å². The first kappa shape index (κ1) is 9.85. The normalized spacial score (nSPS) is 47.8. The molecule has 6 heteroatoms. The maximum Gasteiger partial charge on any atom is 0.184 e. The van der Waals surface area contributed by atoms with Gasteiger partial charge in [0.15, 0.2) is 11.9 Å². The van der Waals surface area contributed by atoms with Crippen molar-refractivity contribution in [3.8, 4) is 0 Å². The molecule has 0 spiro atoms. The first-order chi connectivity index (χ1) is 5.46. The number of aliphatic hydroxyl groups is 6. The first-order valence-electron chi connectivity index (χ1n) is 3.51. The smallest absolute Gasteiger partial charge is 0.184 e. The molecule has 4 atom stereocenters. The van der Waals surface area contributed by atoms with E-state index in [1.165, 1.54) is 0 Å². The summed E-state index contributed by atoms with van der Waals surface area (Å²) < 4.78 is 0. The minimum absolute atomic E-state index is 0.619. The molecule has 0 aliphatic heterocycles. The number of hydrogen-bond acceptors (Lipinski definition) is 6. The Morgan fingerprint density at radius 1 is 1.25 bits per heavy atom. The van der Waals surface area contributed by atoms with Gasteiger partial charge in [0.1, 0.15) is 6.10 Å². The van der Waals surface area contributed by atoms with Crippen LogP contribution in [0.4, 0.5) is 0 Å². The van der Waals surface area contributed by atoms with E-state index >= 15 is 0 Å². The zero-order valence-corrected chi connectivity index (χ0v) is 6.20. The quantitative estimate of drug-likeness (QED) is 0.244. The summed E-state index contributed by atoms with van der Waals surface area (Å²) in [6, 6.07) is 0. The van der Waals surface area contributed by atoms with E-state index in [9.17, 15) is 5.11 Å². The van der Waals surface area contributed by atoms with E-state index in [0.29, 0.717) is 0 Å². The molecule has 0 heterocycles. The van der Waals surface area contributed by atoms with Crippen LogP contribution in [0.2, 0.25) is 0 Å². The van der Waals surface area contributed by atoms with E-state index in [1.54, 1.807) is 0 Å². The highest BCUT2D eigenvalue weighted by molar-refractivity contribution is 5.11. The SMILES string of the molecule is OCC1[C@@H](O)[C@H](O)C1(O)C(O)O. The van der Waals surface area contributed by atoms with Crippen molar-refractivity contribution in [1.82, 2.24) is 0 Å². The molecule has 1 saturated carbocycles. The molecule has 1 aliphatic rings. The van der Waals surface area contributed by atoms with Gasteiger partial charge in [0.2, 0.25) is 0 Å². The maximum absolute atomic E-state index is 9.32. The molecule has 0 aromatic rings. The molecule has 6 N–H and O–H groups in total. The second-order valence-corrected chi connectivity index (χ2v) is 2.99. The predicted molar refractivity (Wildman–Crippen MR) is 35.8 cm³/mol. The third kappa shape index (κ3) is 0.972. The van der Waals surface area contributed by atoms with Gasteiger partial charge in [-0.1, -0.05) is 0 Å². The first-order valence-corrected chi connectivity index (χ1v) is 3.51. The van der Waals surface area contributed by atoms with Crippen molar-refractivity contribution in [1.29, 1.82) is 0 Å². The third-order valence-electron chi connectivity index (χ3n) is 2.41. The van der Waals surface area contributed by atoms with Crippen molar-refractivity contribution >= 4 is 0 Å². The fourth-order valence-corrected chi connectivity index (χ4v) is 1.47. The molecule has 0 aromatic carbocycles. The predicted octanol–water partition coefficient (Wildman–Crippen LogP) is -3.63. The van der Waals surface area contributed by atoms with Crippen molar-refractivity contribution in [2.24, 2.45) is 5.92 Å². The zero-order valence-electron chi connectivity index (χ0n) is 6.20. The van der Waals surface area contributed by atoms with E-state index < -0.39 is 36.6 Å². The van der Waals surface area contributed by atoms with Crippen LogP contribution in [0.25, 0.3) is 0 Å². The zero-order chi connectivity index (χ0) is 9.52. The van der Waals surface area contributed by atoms with Crippen molar-refractivity contribution in [3.05, 3.63) is 0 Å². The Morgan fingerprint density at radius 2 is 1.75 bits per heavy atom. The Kier molecular flexibility index (Phi) is 2.39. The van der Waals surface area contributed by atoms with Crippen molar-refractivity contribution < 1.29 is 30.6 Å². The van der Waals surface area contributed by atoms with Crippen LogP contribution in [-0.4, -0.2) is 61.3 Å². The highest BCUT2D eigenvalue weighted by Crippen LogP contribution is 2.40. The number of aliphatic hydroxyl groups excluding tert-OH is 4. The Balaban J connectivity index is 2.76. The Labute approximate surface area is 68.3 Å². The number of hydrogen-bond donors (Lipinski definition) is 6. The number of rotatable bonds is 2. The summed E-state index contributed by atoms with van der Waals surface area (Å²) in [6.45, 7) is -0.619. The minimum Gasteiger partial charge on any atom is -0.396 e. The molecular formula is C6H12O6. The van der Waals surface area contributed by atoms with Gasteiger partial charge in [-0.25, -0.2) is 0 Å². The second kappa shape index (κ2) is 2.91. The standard InChI is InChI=1S/C6H12O6/c7-1-2-3(8)4(9)6(2,12)5(10)11/h2-5,7-12H,1H2/t2?,3-,4+,6?/m1/s1. The molecule has 1 aliphatic carbocycles. The minimum atomic E-state index is -2.21. The van der Waals surface area contributed by atoms with Crippen LogP contribution in [0.1, 0.15) is 0 Å². The molecule has 0 aromatic heterocycles. The van der Waals surface area contributed by atoms with Crippen LogP contribution >= 0.6 is 0 Å². The largest absolute Gasteiger partial charge is 0.396 e. The van der Waals surface area contributed by atoms with Crippen LogP contribution in [0.3, 0.4) is 0 Å². The second-order valence-electron chi connectivity index (χ2n) is 2.99. The fraction of sp³-hybridized carbons (Fsp3) is 1.00. The van der Waals surface area contributed by atoms with Gasteiger partial charge in [-0.15, -0.1) is 0 Å². The van der Waals surface area contributed by atoms with E-state index in [-0.39, 0.29) is 0 Å². The maximum atomic E-state index is 9.32. The summed E-state index contributed by atoms with van der Waals surface area (Å²) in [6.07, 6.45) is -5.12. The molecule has 72 valence electrons. The molecule has 6 nitrogen and oxygen atoms in total. The summed E-state index contributed by atoms with van der Waals surface area (Å²) in [7, 11) is 0. The topological polar surface area (TPSA) is 121 Å². The highest BCUT2D eigenvalue weighted by atomic mass is 16.5. The third-order valence-corrected chi connectivity index (χ3v) is 2.41. The van der Waals surface area contributed by atoms with Gasteiger partial charge in [-0.3, -0.25) is 0 Å².